The molecule has 2 heterocycles. The standard InChI is InChI=1S/C22H23ClN4O4S/c23-19-8-4-3-7-17(19)15-24-21(28)22-25-20(26-31-22)16-9-11-18(12-10-16)32(29,30)27-13-5-1-2-6-14-27/h3-4,7-12H,1-2,5-6,13-15H2,(H,24,28). The van der Waals surface area contributed by atoms with Gasteiger partial charge in [0.25, 0.3) is 0 Å². The van der Waals surface area contributed by atoms with E-state index in [0.29, 0.717) is 23.7 Å². The second-order valence-electron chi connectivity index (χ2n) is 7.54. The molecule has 4 rings (SSSR count). The first-order chi connectivity index (χ1) is 15.4. The maximum Gasteiger partial charge on any atom is 0.316 e. The van der Waals surface area contributed by atoms with Gasteiger partial charge in [-0.05, 0) is 48.7 Å². The number of halogens is 1. The molecule has 0 atom stereocenters. The molecule has 8 nitrogen and oxygen atoms in total. The largest absolute Gasteiger partial charge is 0.344 e. The summed E-state index contributed by atoms with van der Waals surface area (Å²) in [6.07, 6.45) is 3.86. The van der Waals surface area contributed by atoms with Gasteiger partial charge in [-0.25, -0.2) is 8.42 Å². The van der Waals surface area contributed by atoms with Crippen LogP contribution in [0.2, 0.25) is 5.02 Å². The van der Waals surface area contributed by atoms with E-state index < -0.39 is 15.9 Å². The number of hydrogen-bond acceptors (Lipinski definition) is 6. The second kappa shape index (κ2) is 9.81. The summed E-state index contributed by atoms with van der Waals surface area (Å²) in [6, 6.07) is 13.5. The lowest BCUT2D eigenvalue weighted by atomic mass is 10.2. The van der Waals surface area contributed by atoms with Crippen LogP contribution in [0.3, 0.4) is 0 Å². The van der Waals surface area contributed by atoms with Crippen LogP contribution >= 0.6 is 11.6 Å². The molecular weight excluding hydrogens is 452 g/mol. The Kier molecular flexibility index (Phi) is 6.88. The van der Waals surface area contributed by atoms with Crippen LogP contribution in [0.15, 0.2) is 57.9 Å². The lowest BCUT2D eigenvalue weighted by molar-refractivity contribution is 0.0907. The quantitative estimate of drug-likeness (QED) is 0.581. The Morgan fingerprint density at radius 1 is 1.03 bits per heavy atom. The average Bonchev–Trinajstić information content (AvgIpc) is 3.13. The number of carbonyl (C=O) groups is 1. The van der Waals surface area contributed by atoms with E-state index in [2.05, 4.69) is 15.5 Å². The molecule has 1 aromatic heterocycles. The van der Waals surface area contributed by atoms with E-state index in [0.717, 1.165) is 31.2 Å². The van der Waals surface area contributed by atoms with E-state index in [9.17, 15) is 13.2 Å². The van der Waals surface area contributed by atoms with Crippen molar-refractivity contribution in [2.75, 3.05) is 13.1 Å². The van der Waals surface area contributed by atoms with Crippen LogP contribution < -0.4 is 5.32 Å². The van der Waals surface area contributed by atoms with Crippen molar-refractivity contribution in [3.8, 4) is 11.4 Å². The van der Waals surface area contributed by atoms with E-state index in [1.54, 1.807) is 22.5 Å². The molecular formula is C22H23ClN4O4S. The van der Waals surface area contributed by atoms with Crippen molar-refractivity contribution >= 4 is 27.5 Å². The van der Waals surface area contributed by atoms with Gasteiger partial charge in [0.2, 0.25) is 15.8 Å². The molecule has 10 heteroatoms. The molecule has 0 unspecified atom stereocenters. The Hall–Kier alpha value is -2.75. The lowest BCUT2D eigenvalue weighted by Crippen LogP contribution is -2.31. The van der Waals surface area contributed by atoms with Gasteiger partial charge in [0.15, 0.2) is 0 Å². The third-order valence-electron chi connectivity index (χ3n) is 5.33. The SMILES string of the molecule is O=C(NCc1ccccc1Cl)c1nc(-c2ccc(S(=O)(=O)N3CCCCCC3)cc2)no1. The van der Waals surface area contributed by atoms with E-state index >= 15 is 0 Å². The lowest BCUT2D eigenvalue weighted by Gasteiger charge is -2.19. The Morgan fingerprint density at radius 2 is 1.72 bits per heavy atom. The molecule has 0 bridgehead atoms. The zero-order valence-electron chi connectivity index (χ0n) is 17.3. The fourth-order valence-corrected chi connectivity index (χ4v) is 5.25. The zero-order chi connectivity index (χ0) is 22.6. The van der Waals surface area contributed by atoms with Gasteiger partial charge in [-0.2, -0.15) is 9.29 Å². The predicted octanol–water partition coefficient (Wildman–Crippen LogP) is 3.88. The highest BCUT2D eigenvalue weighted by Gasteiger charge is 2.25. The highest BCUT2D eigenvalue weighted by Crippen LogP contribution is 2.23. The van der Waals surface area contributed by atoms with Gasteiger partial charge in [0, 0.05) is 30.2 Å². The van der Waals surface area contributed by atoms with Crippen molar-refractivity contribution in [2.45, 2.75) is 37.1 Å². The van der Waals surface area contributed by atoms with Crippen LogP contribution in [-0.4, -0.2) is 41.9 Å². The molecule has 1 N–H and O–H groups in total. The van der Waals surface area contributed by atoms with E-state index in [4.69, 9.17) is 16.1 Å². The number of amides is 1. The van der Waals surface area contributed by atoms with Crippen LogP contribution in [0.1, 0.15) is 41.9 Å². The molecule has 0 saturated carbocycles. The molecule has 1 aliphatic heterocycles. The summed E-state index contributed by atoms with van der Waals surface area (Å²) >= 11 is 6.09. The van der Waals surface area contributed by atoms with Crippen LogP contribution in [0.25, 0.3) is 11.4 Å². The van der Waals surface area contributed by atoms with Gasteiger partial charge in [0.1, 0.15) is 0 Å². The summed E-state index contributed by atoms with van der Waals surface area (Å²) in [5.74, 6) is -0.510. The number of rotatable bonds is 6. The van der Waals surface area contributed by atoms with Crippen molar-refractivity contribution < 1.29 is 17.7 Å². The monoisotopic (exact) mass is 474 g/mol. The molecule has 0 radical (unpaired) electrons. The molecule has 168 valence electrons. The molecule has 3 aromatic rings. The van der Waals surface area contributed by atoms with E-state index in [1.807, 2.05) is 18.2 Å². The Bertz CT molecular complexity index is 1190. The van der Waals surface area contributed by atoms with Gasteiger partial charge in [-0.1, -0.05) is 47.8 Å². The number of sulfonamides is 1. The number of hydrogen-bond donors (Lipinski definition) is 1. The van der Waals surface area contributed by atoms with Crippen molar-refractivity contribution in [3.05, 3.63) is 65.0 Å². The molecule has 1 saturated heterocycles. The maximum absolute atomic E-state index is 12.9. The fraction of sp³-hybridized carbons (Fsp3) is 0.318. The highest BCUT2D eigenvalue weighted by molar-refractivity contribution is 7.89. The molecule has 1 amide bonds. The summed E-state index contributed by atoms with van der Waals surface area (Å²) in [5, 5.41) is 7.08. The summed E-state index contributed by atoms with van der Waals surface area (Å²) < 4.78 is 32.4. The van der Waals surface area contributed by atoms with E-state index in [1.165, 1.54) is 12.1 Å². The summed E-state index contributed by atoms with van der Waals surface area (Å²) in [7, 11) is -3.54. The van der Waals surface area contributed by atoms with Gasteiger partial charge >= 0.3 is 11.8 Å². The average molecular weight is 475 g/mol. The number of aromatic nitrogens is 2. The third-order valence-corrected chi connectivity index (χ3v) is 7.61. The van der Waals surface area contributed by atoms with Gasteiger partial charge in [0.05, 0.1) is 4.90 Å². The third kappa shape index (κ3) is 5.01. The maximum atomic E-state index is 12.9. The Morgan fingerprint density at radius 3 is 2.41 bits per heavy atom. The number of nitrogens with one attached hydrogen (secondary N) is 1. The van der Waals surface area contributed by atoms with Crippen molar-refractivity contribution in [1.82, 2.24) is 19.8 Å². The topological polar surface area (TPSA) is 105 Å². The summed E-state index contributed by atoms with van der Waals surface area (Å²) in [6.45, 7) is 1.31. The Balaban J connectivity index is 1.44. The molecule has 1 aliphatic rings. The zero-order valence-corrected chi connectivity index (χ0v) is 18.9. The van der Waals surface area contributed by atoms with Gasteiger partial charge < -0.3 is 9.84 Å². The predicted molar refractivity (Wildman–Crippen MR) is 120 cm³/mol. The normalized spacial score (nSPS) is 15.3. The van der Waals surface area contributed by atoms with Crippen LogP contribution in [-0.2, 0) is 16.6 Å². The molecule has 32 heavy (non-hydrogen) atoms. The van der Waals surface area contributed by atoms with Crippen LogP contribution in [0, 0.1) is 0 Å². The smallest absolute Gasteiger partial charge is 0.316 e. The van der Waals surface area contributed by atoms with Crippen LogP contribution in [0.5, 0.6) is 0 Å². The second-order valence-corrected chi connectivity index (χ2v) is 9.89. The van der Waals surface area contributed by atoms with Crippen molar-refractivity contribution in [3.63, 3.8) is 0 Å². The minimum Gasteiger partial charge on any atom is -0.344 e. The number of carbonyl (C=O) groups excluding carboxylic acids is 1. The first-order valence-electron chi connectivity index (χ1n) is 10.4. The Labute approximate surface area is 191 Å². The molecule has 1 fully saturated rings. The van der Waals surface area contributed by atoms with E-state index in [-0.39, 0.29) is 23.2 Å². The first-order valence-corrected chi connectivity index (χ1v) is 12.2. The summed E-state index contributed by atoms with van der Waals surface area (Å²) in [4.78, 5) is 16.7. The van der Waals surface area contributed by atoms with Crippen LogP contribution in [0.4, 0.5) is 0 Å². The number of benzene rings is 2. The van der Waals surface area contributed by atoms with Gasteiger partial charge in [-0.15, -0.1) is 0 Å². The first kappa shape index (κ1) is 22.4. The highest BCUT2D eigenvalue weighted by atomic mass is 35.5. The van der Waals surface area contributed by atoms with Crippen molar-refractivity contribution in [1.29, 1.82) is 0 Å². The minimum absolute atomic E-state index is 0.187. The van der Waals surface area contributed by atoms with Crippen molar-refractivity contribution in [2.24, 2.45) is 0 Å². The molecule has 0 spiro atoms. The fourth-order valence-electron chi connectivity index (χ4n) is 3.53. The summed E-state index contributed by atoms with van der Waals surface area (Å²) in [5.41, 5.74) is 1.32. The molecule has 0 aliphatic carbocycles. The molecule has 2 aromatic carbocycles. The number of nitrogens with zero attached hydrogens (tertiary/aromatic N) is 3. The van der Waals surface area contributed by atoms with Gasteiger partial charge in [-0.3, -0.25) is 4.79 Å². The minimum atomic E-state index is -3.54.